The lowest BCUT2D eigenvalue weighted by Gasteiger charge is -2.14. The highest BCUT2D eigenvalue weighted by atomic mass is 28.3. The first-order valence-electron chi connectivity index (χ1n) is 6.41. The fourth-order valence-corrected chi connectivity index (χ4v) is 2.02. The zero-order valence-corrected chi connectivity index (χ0v) is 13.0. The first kappa shape index (κ1) is 15.8. The van der Waals surface area contributed by atoms with Crippen LogP contribution in [-0.2, 0) is 27.4 Å². The largest absolute Gasteiger partial charge is 0.466 e. The molecule has 0 aliphatic heterocycles. The van der Waals surface area contributed by atoms with Crippen LogP contribution in [-0.4, -0.2) is 47.5 Å². The monoisotopic (exact) mass is 286 g/mol. The van der Waals surface area contributed by atoms with Crippen molar-refractivity contribution in [3.05, 3.63) is 5.82 Å². The highest BCUT2D eigenvalue weighted by molar-refractivity contribution is 6.76. The second kappa shape index (κ2) is 7.34. The average Bonchev–Trinajstić information content (AvgIpc) is 2.71. The van der Waals surface area contributed by atoms with Crippen LogP contribution in [0.1, 0.15) is 12.7 Å². The number of esters is 1. The molecule has 0 saturated heterocycles. The second-order valence-electron chi connectivity index (χ2n) is 5.41. The predicted octanol–water partition coefficient (Wildman–Crippen LogP) is 1.09. The lowest BCUT2D eigenvalue weighted by molar-refractivity contribution is -0.142. The van der Waals surface area contributed by atoms with Crippen LogP contribution in [0.4, 0.5) is 0 Å². The number of hydrogen-bond donors (Lipinski definition) is 0. The van der Waals surface area contributed by atoms with Gasteiger partial charge in [0.2, 0.25) is 0 Å². The van der Waals surface area contributed by atoms with E-state index in [1.54, 1.807) is 6.92 Å². The van der Waals surface area contributed by atoms with Gasteiger partial charge < -0.3 is 9.47 Å². The van der Waals surface area contributed by atoms with Crippen molar-refractivity contribution >= 4 is 14.0 Å². The summed E-state index contributed by atoms with van der Waals surface area (Å²) in [7, 11) is -1.07. The maximum Gasteiger partial charge on any atom is 0.313 e. The van der Waals surface area contributed by atoms with E-state index in [0.717, 1.165) is 6.04 Å². The van der Waals surface area contributed by atoms with Gasteiger partial charge in [-0.3, -0.25) is 4.79 Å². The van der Waals surface area contributed by atoms with Gasteiger partial charge in [0.05, 0.1) is 6.61 Å². The van der Waals surface area contributed by atoms with Gasteiger partial charge in [-0.2, -0.15) is 0 Å². The summed E-state index contributed by atoms with van der Waals surface area (Å²) in [6, 6.07) is 1.09. The van der Waals surface area contributed by atoms with Gasteiger partial charge in [0.15, 0.2) is 12.6 Å². The lowest BCUT2D eigenvalue weighted by atomic mass is 10.4. The molecule has 0 fully saturated rings. The van der Waals surface area contributed by atoms with Gasteiger partial charge >= 0.3 is 5.97 Å². The van der Waals surface area contributed by atoms with E-state index in [9.17, 15) is 4.79 Å². The van der Waals surface area contributed by atoms with E-state index in [1.165, 1.54) is 4.80 Å². The van der Waals surface area contributed by atoms with E-state index in [-0.39, 0.29) is 19.1 Å². The predicted molar refractivity (Wildman–Crippen MR) is 72.3 cm³/mol. The Morgan fingerprint density at radius 2 is 2.11 bits per heavy atom. The molecule has 0 spiro atoms. The van der Waals surface area contributed by atoms with Crippen LogP contribution in [0.5, 0.6) is 0 Å². The molecule has 0 N–H and O–H groups in total. The standard InChI is InChI=1S/C11H22N4O3Si/c1-5-18-11(16)8-10-12-14-15(13-10)9-17-6-7-19(2,3)4/h5-9H2,1-4H3. The molecule has 7 nitrogen and oxygen atoms in total. The lowest BCUT2D eigenvalue weighted by Crippen LogP contribution is -2.22. The maximum absolute atomic E-state index is 11.2. The molecular weight excluding hydrogens is 264 g/mol. The quantitative estimate of drug-likeness (QED) is 0.404. The maximum atomic E-state index is 11.2. The molecule has 0 aliphatic carbocycles. The summed E-state index contributed by atoms with van der Waals surface area (Å²) in [5, 5.41) is 11.6. The zero-order valence-electron chi connectivity index (χ0n) is 12.0. The number of hydrogen-bond acceptors (Lipinski definition) is 6. The van der Waals surface area contributed by atoms with Crippen molar-refractivity contribution in [3.63, 3.8) is 0 Å². The molecular formula is C11H22N4O3Si. The van der Waals surface area contributed by atoms with E-state index in [2.05, 4.69) is 35.1 Å². The van der Waals surface area contributed by atoms with Gasteiger partial charge in [-0.1, -0.05) is 19.6 Å². The van der Waals surface area contributed by atoms with Crippen LogP contribution in [0, 0.1) is 0 Å². The van der Waals surface area contributed by atoms with Gasteiger partial charge in [0.25, 0.3) is 0 Å². The minimum Gasteiger partial charge on any atom is -0.466 e. The Kier molecular flexibility index (Phi) is 6.09. The van der Waals surface area contributed by atoms with Gasteiger partial charge in [-0.25, -0.2) is 0 Å². The Bertz CT molecular complexity index is 403. The Labute approximate surface area is 114 Å². The molecule has 0 atom stereocenters. The van der Waals surface area contributed by atoms with E-state index in [4.69, 9.17) is 9.47 Å². The molecule has 0 radical (unpaired) electrons. The van der Waals surface area contributed by atoms with Crippen LogP contribution in [0.2, 0.25) is 25.7 Å². The van der Waals surface area contributed by atoms with E-state index in [0.29, 0.717) is 19.0 Å². The summed E-state index contributed by atoms with van der Waals surface area (Å²) in [6.45, 7) is 9.96. The van der Waals surface area contributed by atoms with Crippen LogP contribution >= 0.6 is 0 Å². The molecule has 0 amide bonds. The van der Waals surface area contributed by atoms with Crippen LogP contribution in [0.15, 0.2) is 0 Å². The Morgan fingerprint density at radius 3 is 2.74 bits per heavy atom. The Morgan fingerprint density at radius 1 is 1.37 bits per heavy atom. The van der Waals surface area contributed by atoms with Crippen molar-refractivity contribution in [2.45, 2.75) is 45.8 Å². The number of carbonyl (C=O) groups excluding carboxylic acids is 1. The minimum atomic E-state index is -1.07. The molecule has 1 aromatic heterocycles. The molecule has 1 rings (SSSR count). The fraction of sp³-hybridized carbons (Fsp3) is 0.818. The molecule has 108 valence electrons. The Balaban J connectivity index is 2.29. The molecule has 1 aromatic rings. The highest BCUT2D eigenvalue weighted by Gasteiger charge is 2.13. The smallest absolute Gasteiger partial charge is 0.313 e. The molecule has 19 heavy (non-hydrogen) atoms. The molecule has 0 aromatic carbocycles. The van der Waals surface area contributed by atoms with Gasteiger partial charge in [-0.15, -0.1) is 15.0 Å². The average molecular weight is 286 g/mol. The summed E-state index contributed by atoms with van der Waals surface area (Å²) < 4.78 is 10.3. The van der Waals surface area contributed by atoms with E-state index < -0.39 is 8.07 Å². The van der Waals surface area contributed by atoms with Crippen molar-refractivity contribution in [1.82, 2.24) is 20.2 Å². The second-order valence-corrected chi connectivity index (χ2v) is 11.0. The molecule has 0 unspecified atom stereocenters. The van der Waals surface area contributed by atoms with Crippen molar-refractivity contribution in [3.8, 4) is 0 Å². The third-order valence-electron chi connectivity index (χ3n) is 2.31. The van der Waals surface area contributed by atoms with Crippen LogP contribution in [0.25, 0.3) is 0 Å². The summed E-state index contributed by atoms with van der Waals surface area (Å²) in [6.07, 6.45) is 0.0444. The molecule has 0 aliphatic rings. The van der Waals surface area contributed by atoms with Gasteiger partial charge in [0, 0.05) is 14.7 Å². The molecule has 0 bridgehead atoms. The van der Waals surface area contributed by atoms with E-state index >= 15 is 0 Å². The third kappa shape index (κ3) is 7.02. The van der Waals surface area contributed by atoms with Crippen LogP contribution < -0.4 is 0 Å². The van der Waals surface area contributed by atoms with Crippen LogP contribution in [0.3, 0.4) is 0 Å². The first-order chi connectivity index (χ1) is 8.90. The number of aromatic nitrogens is 4. The normalized spacial score (nSPS) is 11.6. The first-order valence-corrected chi connectivity index (χ1v) is 10.1. The zero-order chi connectivity index (χ0) is 14.3. The summed E-state index contributed by atoms with van der Waals surface area (Å²) in [5.74, 6) is 0.00828. The van der Waals surface area contributed by atoms with Crippen molar-refractivity contribution in [1.29, 1.82) is 0 Å². The topological polar surface area (TPSA) is 79.1 Å². The number of ether oxygens (including phenoxy) is 2. The third-order valence-corrected chi connectivity index (χ3v) is 4.01. The minimum absolute atomic E-state index is 0.0444. The van der Waals surface area contributed by atoms with E-state index in [1.807, 2.05) is 0 Å². The highest BCUT2D eigenvalue weighted by Crippen LogP contribution is 2.07. The fourth-order valence-electron chi connectivity index (χ4n) is 1.27. The van der Waals surface area contributed by atoms with Crippen molar-refractivity contribution in [2.24, 2.45) is 0 Å². The summed E-state index contributed by atoms with van der Waals surface area (Å²) >= 11 is 0. The number of tetrazole rings is 1. The number of nitrogens with zero attached hydrogens (tertiary/aromatic N) is 4. The summed E-state index contributed by atoms with van der Waals surface area (Å²) in [4.78, 5) is 12.6. The summed E-state index contributed by atoms with van der Waals surface area (Å²) in [5.41, 5.74) is 0. The van der Waals surface area contributed by atoms with Crippen molar-refractivity contribution < 1.29 is 14.3 Å². The Hall–Kier alpha value is -1.28. The molecule has 1 heterocycles. The SMILES string of the molecule is CCOC(=O)Cc1nnn(COCC[Si](C)(C)C)n1. The van der Waals surface area contributed by atoms with Gasteiger partial charge in [-0.05, 0) is 18.2 Å². The van der Waals surface area contributed by atoms with Crippen molar-refractivity contribution in [2.75, 3.05) is 13.2 Å². The molecule has 8 heteroatoms. The van der Waals surface area contributed by atoms with Gasteiger partial charge in [0.1, 0.15) is 6.42 Å². The number of rotatable bonds is 8. The molecule has 0 saturated carbocycles. The number of carbonyl (C=O) groups is 1.